The summed E-state index contributed by atoms with van der Waals surface area (Å²) >= 11 is 0. The van der Waals surface area contributed by atoms with Crippen molar-refractivity contribution in [2.45, 2.75) is 0 Å². The van der Waals surface area contributed by atoms with Crippen molar-refractivity contribution in [2.75, 3.05) is 5.32 Å². The van der Waals surface area contributed by atoms with E-state index in [9.17, 15) is 10.1 Å². The van der Waals surface area contributed by atoms with Crippen molar-refractivity contribution < 1.29 is 4.92 Å². The van der Waals surface area contributed by atoms with Gasteiger partial charge in [0, 0.05) is 35.2 Å². The standard InChI is InChI=1S/C15H11N3O2/c19-18(20)15-7-6-14(12-8-9-16-10-13(12)15)17-11-4-2-1-3-5-11/h1-10,17H. The molecule has 0 aliphatic carbocycles. The zero-order valence-corrected chi connectivity index (χ0v) is 10.5. The van der Waals surface area contributed by atoms with Crippen LogP contribution in [0.25, 0.3) is 10.8 Å². The predicted molar refractivity (Wildman–Crippen MR) is 78.1 cm³/mol. The van der Waals surface area contributed by atoms with E-state index in [-0.39, 0.29) is 5.69 Å². The largest absolute Gasteiger partial charge is 0.355 e. The number of hydrogen-bond acceptors (Lipinski definition) is 4. The van der Waals surface area contributed by atoms with Crippen LogP contribution in [0, 0.1) is 10.1 Å². The van der Waals surface area contributed by atoms with Crippen LogP contribution < -0.4 is 5.32 Å². The minimum Gasteiger partial charge on any atom is -0.355 e. The molecule has 0 bridgehead atoms. The number of nitrogens with zero attached hydrogens (tertiary/aromatic N) is 2. The Labute approximate surface area is 115 Å². The van der Waals surface area contributed by atoms with Gasteiger partial charge in [-0.15, -0.1) is 0 Å². The van der Waals surface area contributed by atoms with Gasteiger partial charge in [0.2, 0.25) is 0 Å². The molecule has 0 unspecified atom stereocenters. The molecule has 0 fully saturated rings. The van der Waals surface area contributed by atoms with E-state index in [1.54, 1.807) is 18.3 Å². The lowest BCUT2D eigenvalue weighted by Gasteiger charge is -2.09. The van der Waals surface area contributed by atoms with Crippen LogP contribution >= 0.6 is 0 Å². The monoisotopic (exact) mass is 265 g/mol. The molecule has 0 saturated carbocycles. The summed E-state index contributed by atoms with van der Waals surface area (Å²) in [7, 11) is 0. The fraction of sp³-hybridized carbons (Fsp3) is 0. The quantitative estimate of drug-likeness (QED) is 0.576. The average Bonchev–Trinajstić information content (AvgIpc) is 2.48. The molecule has 20 heavy (non-hydrogen) atoms. The first-order valence-electron chi connectivity index (χ1n) is 6.09. The number of anilines is 2. The van der Waals surface area contributed by atoms with E-state index in [0.717, 1.165) is 16.8 Å². The third-order valence-corrected chi connectivity index (χ3v) is 3.04. The fourth-order valence-corrected chi connectivity index (χ4v) is 2.12. The van der Waals surface area contributed by atoms with Crippen molar-refractivity contribution in [3.8, 4) is 0 Å². The highest BCUT2D eigenvalue weighted by Crippen LogP contribution is 2.32. The molecule has 5 nitrogen and oxygen atoms in total. The van der Waals surface area contributed by atoms with Gasteiger partial charge in [-0.1, -0.05) is 18.2 Å². The summed E-state index contributed by atoms with van der Waals surface area (Å²) < 4.78 is 0. The van der Waals surface area contributed by atoms with Crippen LogP contribution in [0.15, 0.2) is 60.9 Å². The highest BCUT2D eigenvalue weighted by molar-refractivity contribution is 6.00. The Hall–Kier alpha value is -2.95. The first-order chi connectivity index (χ1) is 9.75. The van der Waals surface area contributed by atoms with Gasteiger partial charge in [-0.2, -0.15) is 0 Å². The zero-order chi connectivity index (χ0) is 13.9. The number of fused-ring (bicyclic) bond motifs is 1. The van der Waals surface area contributed by atoms with Crippen LogP contribution in [-0.4, -0.2) is 9.91 Å². The second-order valence-electron chi connectivity index (χ2n) is 4.30. The van der Waals surface area contributed by atoms with Gasteiger partial charge >= 0.3 is 0 Å². The number of pyridine rings is 1. The lowest BCUT2D eigenvalue weighted by Crippen LogP contribution is -1.95. The molecule has 0 spiro atoms. The zero-order valence-electron chi connectivity index (χ0n) is 10.5. The Balaban J connectivity index is 2.13. The maximum atomic E-state index is 11.0. The molecule has 2 aromatic carbocycles. The van der Waals surface area contributed by atoms with Crippen molar-refractivity contribution in [3.63, 3.8) is 0 Å². The topological polar surface area (TPSA) is 68.1 Å². The van der Waals surface area contributed by atoms with E-state index in [1.165, 1.54) is 12.3 Å². The van der Waals surface area contributed by atoms with Gasteiger partial charge in [-0.05, 0) is 24.3 Å². The van der Waals surface area contributed by atoms with Crippen LogP contribution in [0.2, 0.25) is 0 Å². The van der Waals surface area contributed by atoms with E-state index in [0.29, 0.717) is 5.39 Å². The maximum Gasteiger partial charge on any atom is 0.278 e. The average molecular weight is 265 g/mol. The molecule has 3 aromatic rings. The Morgan fingerprint density at radius 1 is 1.00 bits per heavy atom. The van der Waals surface area contributed by atoms with Crippen molar-refractivity contribution in [2.24, 2.45) is 0 Å². The Morgan fingerprint density at radius 3 is 2.55 bits per heavy atom. The molecule has 0 aliphatic heterocycles. The Bertz CT molecular complexity index is 772. The van der Waals surface area contributed by atoms with Crippen LogP contribution in [0.4, 0.5) is 17.1 Å². The van der Waals surface area contributed by atoms with Gasteiger partial charge < -0.3 is 5.32 Å². The molecule has 98 valence electrons. The minimum atomic E-state index is -0.393. The van der Waals surface area contributed by atoms with Crippen LogP contribution in [0.3, 0.4) is 0 Å². The van der Waals surface area contributed by atoms with Gasteiger partial charge in [-0.25, -0.2) is 0 Å². The number of non-ortho nitro benzene ring substituents is 1. The van der Waals surface area contributed by atoms with Crippen molar-refractivity contribution >= 4 is 27.8 Å². The summed E-state index contributed by atoms with van der Waals surface area (Å²) in [5, 5.41) is 15.6. The summed E-state index contributed by atoms with van der Waals surface area (Å²) in [5.74, 6) is 0. The normalized spacial score (nSPS) is 10.4. The molecule has 1 N–H and O–H groups in total. The number of nitro benzene ring substituents is 1. The number of hydrogen-bond donors (Lipinski definition) is 1. The molecule has 0 radical (unpaired) electrons. The summed E-state index contributed by atoms with van der Waals surface area (Å²) in [4.78, 5) is 14.6. The second kappa shape index (κ2) is 4.97. The van der Waals surface area contributed by atoms with E-state index in [1.807, 2.05) is 30.3 Å². The van der Waals surface area contributed by atoms with Gasteiger partial charge in [0.05, 0.1) is 10.3 Å². The number of para-hydroxylation sites is 1. The van der Waals surface area contributed by atoms with Gasteiger partial charge in [0.15, 0.2) is 0 Å². The highest BCUT2D eigenvalue weighted by atomic mass is 16.6. The lowest BCUT2D eigenvalue weighted by atomic mass is 10.1. The smallest absolute Gasteiger partial charge is 0.278 e. The van der Waals surface area contributed by atoms with Gasteiger partial charge in [0.25, 0.3) is 5.69 Å². The molecular formula is C15H11N3O2. The minimum absolute atomic E-state index is 0.0618. The maximum absolute atomic E-state index is 11.0. The van der Waals surface area contributed by atoms with Crippen molar-refractivity contribution in [1.29, 1.82) is 0 Å². The number of aromatic nitrogens is 1. The number of nitro groups is 1. The third-order valence-electron chi connectivity index (χ3n) is 3.04. The van der Waals surface area contributed by atoms with Crippen molar-refractivity contribution in [3.05, 3.63) is 71.0 Å². The van der Waals surface area contributed by atoms with E-state index in [4.69, 9.17) is 0 Å². The molecule has 1 aromatic heterocycles. The van der Waals surface area contributed by atoms with Crippen LogP contribution in [-0.2, 0) is 0 Å². The number of benzene rings is 2. The van der Waals surface area contributed by atoms with E-state index >= 15 is 0 Å². The Kier molecular flexibility index (Phi) is 3.01. The van der Waals surface area contributed by atoms with E-state index < -0.39 is 4.92 Å². The van der Waals surface area contributed by atoms with Gasteiger partial charge in [0.1, 0.15) is 0 Å². The summed E-state index contributed by atoms with van der Waals surface area (Å²) in [6, 6.07) is 14.7. The first kappa shape index (κ1) is 12.1. The Morgan fingerprint density at radius 2 is 1.80 bits per heavy atom. The molecule has 0 aliphatic rings. The molecule has 0 saturated heterocycles. The van der Waals surface area contributed by atoms with Crippen LogP contribution in [0.5, 0.6) is 0 Å². The lowest BCUT2D eigenvalue weighted by molar-refractivity contribution is -0.383. The first-order valence-corrected chi connectivity index (χ1v) is 6.09. The highest BCUT2D eigenvalue weighted by Gasteiger charge is 2.14. The number of rotatable bonds is 3. The SMILES string of the molecule is O=[N+]([O-])c1ccc(Nc2ccccc2)c2ccncc12. The predicted octanol–water partition coefficient (Wildman–Crippen LogP) is 3.89. The van der Waals surface area contributed by atoms with Crippen molar-refractivity contribution in [1.82, 2.24) is 4.98 Å². The fourth-order valence-electron chi connectivity index (χ4n) is 2.12. The summed E-state index contributed by atoms with van der Waals surface area (Å²) in [6.45, 7) is 0. The molecule has 3 rings (SSSR count). The third kappa shape index (κ3) is 2.16. The number of nitrogens with one attached hydrogen (secondary N) is 1. The summed E-state index contributed by atoms with van der Waals surface area (Å²) in [5.41, 5.74) is 1.81. The molecule has 1 heterocycles. The molecule has 5 heteroatoms. The molecule has 0 atom stereocenters. The molecule has 0 amide bonds. The van der Waals surface area contributed by atoms with Gasteiger partial charge in [-0.3, -0.25) is 15.1 Å². The molecular weight excluding hydrogens is 254 g/mol. The second-order valence-corrected chi connectivity index (χ2v) is 4.30. The van der Waals surface area contributed by atoms with Crippen LogP contribution in [0.1, 0.15) is 0 Å². The summed E-state index contributed by atoms with van der Waals surface area (Å²) in [6.07, 6.45) is 3.14. The van der Waals surface area contributed by atoms with E-state index in [2.05, 4.69) is 10.3 Å².